The highest BCUT2D eigenvalue weighted by Crippen LogP contribution is 2.34. The number of hydrogen-bond donors (Lipinski definition) is 1. The van der Waals surface area contributed by atoms with Gasteiger partial charge in [0, 0.05) is 25.7 Å². The molecule has 0 amide bonds. The summed E-state index contributed by atoms with van der Waals surface area (Å²) in [4.78, 5) is 5.58. The Labute approximate surface area is 131 Å². The smallest absolute Gasteiger partial charge is 0.0235 e. The van der Waals surface area contributed by atoms with Crippen LogP contribution in [0.15, 0.2) is 0 Å². The van der Waals surface area contributed by atoms with Crippen molar-refractivity contribution in [2.75, 3.05) is 45.8 Å². The van der Waals surface area contributed by atoms with Gasteiger partial charge in [-0.3, -0.25) is 4.90 Å². The predicted molar refractivity (Wildman–Crippen MR) is 89.7 cm³/mol. The minimum Gasteiger partial charge on any atom is -0.316 e. The van der Waals surface area contributed by atoms with Gasteiger partial charge in [0.1, 0.15) is 0 Å². The monoisotopic (exact) mass is 293 g/mol. The summed E-state index contributed by atoms with van der Waals surface area (Å²) in [6, 6.07) is 0.862. The van der Waals surface area contributed by atoms with Crippen molar-refractivity contribution < 1.29 is 0 Å². The molecule has 2 unspecified atom stereocenters. The number of piperidine rings is 2. The van der Waals surface area contributed by atoms with Gasteiger partial charge in [-0.1, -0.05) is 19.8 Å². The summed E-state index contributed by atoms with van der Waals surface area (Å²) >= 11 is 0. The fourth-order valence-electron chi connectivity index (χ4n) is 5.00. The van der Waals surface area contributed by atoms with E-state index in [0.29, 0.717) is 5.41 Å². The van der Waals surface area contributed by atoms with Crippen molar-refractivity contribution in [3.8, 4) is 0 Å². The molecule has 3 heterocycles. The maximum absolute atomic E-state index is 3.67. The zero-order valence-electron chi connectivity index (χ0n) is 14.1. The molecule has 122 valence electrons. The first kappa shape index (κ1) is 15.8. The predicted octanol–water partition coefficient (Wildman–Crippen LogP) is 2.72. The minimum atomic E-state index is 0.573. The minimum absolute atomic E-state index is 0.573. The van der Waals surface area contributed by atoms with Crippen LogP contribution < -0.4 is 5.32 Å². The van der Waals surface area contributed by atoms with Crippen LogP contribution in [0.2, 0.25) is 0 Å². The van der Waals surface area contributed by atoms with E-state index in [9.17, 15) is 0 Å². The maximum Gasteiger partial charge on any atom is 0.0235 e. The number of rotatable bonds is 5. The van der Waals surface area contributed by atoms with Crippen molar-refractivity contribution in [2.45, 2.75) is 64.3 Å². The molecule has 0 aromatic heterocycles. The zero-order chi connectivity index (χ0) is 14.5. The Bertz CT molecular complexity index is 300. The van der Waals surface area contributed by atoms with Gasteiger partial charge in [0.05, 0.1) is 0 Å². The van der Waals surface area contributed by atoms with Crippen molar-refractivity contribution in [2.24, 2.45) is 5.41 Å². The molecule has 1 N–H and O–H groups in total. The van der Waals surface area contributed by atoms with Crippen LogP contribution in [0.1, 0.15) is 58.3 Å². The van der Waals surface area contributed by atoms with Crippen LogP contribution in [-0.2, 0) is 0 Å². The molecule has 3 rings (SSSR count). The summed E-state index contributed by atoms with van der Waals surface area (Å²) in [5, 5.41) is 3.67. The molecule has 3 saturated heterocycles. The van der Waals surface area contributed by atoms with Gasteiger partial charge in [0.2, 0.25) is 0 Å². The average Bonchev–Trinajstić information content (AvgIpc) is 2.97. The van der Waals surface area contributed by atoms with Crippen molar-refractivity contribution in [1.29, 1.82) is 0 Å². The van der Waals surface area contributed by atoms with Gasteiger partial charge in [0.25, 0.3) is 0 Å². The Morgan fingerprint density at radius 1 is 1.10 bits per heavy atom. The van der Waals surface area contributed by atoms with E-state index in [1.54, 1.807) is 0 Å². The fraction of sp³-hybridized carbons (Fsp3) is 1.00. The van der Waals surface area contributed by atoms with Crippen molar-refractivity contribution in [3.05, 3.63) is 0 Å². The summed E-state index contributed by atoms with van der Waals surface area (Å²) in [5.74, 6) is 0. The normalized spacial score (nSPS) is 36.1. The lowest BCUT2D eigenvalue weighted by Crippen LogP contribution is -2.48. The highest BCUT2D eigenvalue weighted by Gasteiger charge is 2.36. The van der Waals surface area contributed by atoms with Gasteiger partial charge in [-0.05, 0) is 70.1 Å². The van der Waals surface area contributed by atoms with E-state index >= 15 is 0 Å². The highest BCUT2D eigenvalue weighted by atomic mass is 15.3. The molecule has 21 heavy (non-hydrogen) atoms. The highest BCUT2D eigenvalue weighted by molar-refractivity contribution is 4.92. The first-order valence-electron chi connectivity index (χ1n) is 9.48. The second kappa shape index (κ2) is 7.43. The number of nitrogens with one attached hydrogen (secondary N) is 1. The van der Waals surface area contributed by atoms with E-state index < -0.39 is 0 Å². The molecule has 3 heteroatoms. The molecule has 0 saturated carbocycles. The van der Waals surface area contributed by atoms with Gasteiger partial charge in [-0.25, -0.2) is 0 Å². The van der Waals surface area contributed by atoms with E-state index in [0.717, 1.165) is 6.04 Å². The Hall–Kier alpha value is -0.120. The molecule has 3 nitrogen and oxygen atoms in total. The van der Waals surface area contributed by atoms with Crippen molar-refractivity contribution >= 4 is 0 Å². The first-order chi connectivity index (χ1) is 10.3. The van der Waals surface area contributed by atoms with Gasteiger partial charge >= 0.3 is 0 Å². The Morgan fingerprint density at radius 3 is 2.67 bits per heavy atom. The van der Waals surface area contributed by atoms with Gasteiger partial charge in [0.15, 0.2) is 0 Å². The van der Waals surface area contributed by atoms with Crippen LogP contribution >= 0.6 is 0 Å². The number of likely N-dealkylation sites (tertiary alicyclic amines) is 2. The van der Waals surface area contributed by atoms with Crippen LogP contribution in [0.4, 0.5) is 0 Å². The topological polar surface area (TPSA) is 18.5 Å². The van der Waals surface area contributed by atoms with Crippen LogP contribution in [-0.4, -0.2) is 61.7 Å². The van der Waals surface area contributed by atoms with E-state index in [1.165, 1.54) is 97.2 Å². The molecule has 0 aromatic rings. The second-order valence-corrected chi connectivity index (χ2v) is 7.80. The molecule has 2 atom stereocenters. The fourth-order valence-corrected chi connectivity index (χ4v) is 5.00. The Morgan fingerprint density at radius 2 is 1.95 bits per heavy atom. The standard InChI is InChI=1S/C18H35N3/c1-2-8-18(9-6-10-19-15-18)16-20-13-7-17(14-20)21-11-4-3-5-12-21/h17,19H,2-16H2,1H3. The summed E-state index contributed by atoms with van der Waals surface area (Å²) < 4.78 is 0. The lowest BCUT2D eigenvalue weighted by molar-refractivity contribution is 0.108. The lowest BCUT2D eigenvalue weighted by atomic mass is 9.76. The average molecular weight is 293 g/mol. The quantitative estimate of drug-likeness (QED) is 0.841. The third kappa shape index (κ3) is 4.00. The maximum atomic E-state index is 3.67. The molecule has 0 aliphatic carbocycles. The lowest BCUT2D eigenvalue weighted by Gasteiger charge is -2.41. The summed E-state index contributed by atoms with van der Waals surface area (Å²) in [6.07, 6.45) is 11.3. The third-order valence-corrected chi connectivity index (χ3v) is 6.05. The second-order valence-electron chi connectivity index (χ2n) is 7.80. The SMILES string of the molecule is CCCC1(CN2CCC(N3CCCCC3)C2)CCCNC1. The van der Waals surface area contributed by atoms with E-state index in [1.807, 2.05) is 0 Å². The van der Waals surface area contributed by atoms with Crippen LogP contribution in [0.3, 0.4) is 0 Å². The van der Waals surface area contributed by atoms with Crippen molar-refractivity contribution in [1.82, 2.24) is 15.1 Å². The van der Waals surface area contributed by atoms with Gasteiger partial charge in [-0.15, -0.1) is 0 Å². The third-order valence-electron chi connectivity index (χ3n) is 6.05. The van der Waals surface area contributed by atoms with Crippen molar-refractivity contribution in [3.63, 3.8) is 0 Å². The summed E-state index contributed by atoms with van der Waals surface area (Å²) in [7, 11) is 0. The Kier molecular flexibility index (Phi) is 5.58. The van der Waals surface area contributed by atoms with Gasteiger partial charge in [-0.2, -0.15) is 0 Å². The number of hydrogen-bond acceptors (Lipinski definition) is 3. The molecular weight excluding hydrogens is 258 g/mol. The van der Waals surface area contributed by atoms with E-state index in [2.05, 4.69) is 22.0 Å². The van der Waals surface area contributed by atoms with Crippen LogP contribution in [0, 0.1) is 5.41 Å². The molecule has 0 spiro atoms. The molecule has 3 aliphatic heterocycles. The largest absolute Gasteiger partial charge is 0.316 e. The van der Waals surface area contributed by atoms with Crippen LogP contribution in [0.5, 0.6) is 0 Å². The summed E-state index contributed by atoms with van der Waals surface area (Å²) in [6.45, 7) is 11.6. The summed E-state index contributed by atoms with van der Waals surface area (Å²) in [5.41, 5.74) is 0.573. The van der Waals surface area contributed by atoms with E-state index in [4.69, 9.17) is 0 Å². The molecule has 0 aromatic carbocycles. The van der Waals surface area contributed by atoms with E-state index in [-0.39, 0.29) is 0 Å². The zero-order valence-corrected chi connectivity index (χ0v) is 14.1. The molecular formula is C18H35N3. The molecule has 3 fully saturated rings. The van der Waals surface area contributed by atoms with Gasteiger partial charge < -0.3 is 10.2 Å². The first-order valence-corrected chi connectivity index (χ1v) is 9.48. The molecule has 0 radical (unpaired) electrons. The molecule has 3 aliphatic rings. The number of nitrogens with zero attached hydrogens (tertiary/aromatic N) is 2. The Balaban J connectivity index is 1.52. The van der Waals surface area contributed by atoms with Crippen LogP contribution in [0.25, 0.3) is 0 Å². The molecule has 0 bridgehead atoms.